The van der Waals surface area contributed by atoms with Crippen LogP contribution in [-0.4, -0.2) is 17.0 Å². The molecule has 0 aromatic heterocycles. The summed E-state index contributed by atoms with van der Waals surface area (Å²) < 4.78 is 51.0. The zero-order chi connectivity index (χ0) is 16.4. The molecule has 2 atom stereocenters. The third-order valence-corrected chi connectivity index (χ3v) is 3.10. The van der Waals surface area contributed by atoms with E-state index in [0.717, 1.165) is 0 Å². The van der Waals surface area contributed by atoms with Crippen LogP contribution in [0.5, 0.6) is 0 Å². The molecule has 2 unspecified atom stereocenters. The Kier molecular flexibility index (Phi) is 4.93. The smallest absolute Gasteiger partial charge is 0.416 e. The lowest BCUT2D eigenvalue weighted by Crippen LogP contribution is -2.30. The molecule has 1 aromatic rings. The Labute approximate surface area is 117 Å². The fourth-order valence-electron chi connectivity index (χ4n) is 1.48. The van der Waals surface area contributed by atoms with E-state index >= 15 is 0 Å². The van der Waals surface area contributed by atoms with Gasteiger partial charge in [0.1, 0.15) is 5.82 Å². The summed E-state index contributed by atoms with van der Waals surface area (Å²) >= 11 is 0. The van der Waals surface area contributed by atoms with Crippen LogP contribution in [0, 0.1) is 17.7 Å². The molecular formula is C13H13F4NO3. The summed E-state index contributed by atoms with van der Waals surface area (Å²) in [6.45, 7) is 2.56. The minimum Gasteiger partial charge on any atom is -0.481 e. The number of hydrogen-bond donors (Lipinski definition) is 2. The summed E-state index contributed by atoms with van der Waals surface area (Å²) in [7, 11) is 0. The van der Waals surface area contributed by atoms with Crippen LogP contribution in [0.15, 0.2) is 18.2 Å². The quantitative estimate of drug-likeness (QED) is 0.840. The van der Waals surface area contributed by atoms with E-state index in [-0.39, 0.29) is 0 Å². The lowest BCUT2D eigenvalue weighted by molar-refractivity contribution is -0.145. The molecule has 0 saturated heterocycles. The van der Waals surface area contributed by atoms with Gasteiger partial charge in [0, 0.05) is 5.92 Å². The predicted molar refractivity (Wildman–Crippen MR) is 66.0 cm³/mol. The predicted octanol–water partition coefficient (Wildman–Crippen LogP) is 3.14. The number of aliphatic carboxylic acids is 1. The third kappa shape index (κ3) is 4.17. The maximum Gasteiger partial charge on any atom is 0.416 e. The Morgan fingerprint density at radius 3 is 2.24 bits per heavy atom. The average molecular weight is 307 g/mol. The molecule has 0 bridgehead atoms. The number of halogens is 4. The number of carbonyl (C=O) groups excluding carboxylic acids is 1. The van der Waals surface area contributed by atoms with Crippen molar-refractivity contribution in [3.8, 4) is 0 Å². The Bertz CT molecular complexity index is 557. The van der Waals surface area contributed by atoms with Gasteiger partial charge in [0.25, 0.3) is 0 Å². The van der Waals surface area contributed by atoms with Gasteiger partial charge in [0.15, 0.2) is 0 Å². The van der Waals surface area contributed by atoms with E-state index < -0.39 is 47.0 Å². The number of anilines is 1. The number of rotatable bonds is 4. The Morgan fingerprint density at radius 1 is 1.19 bits per heavy atom. The standard InChI is InChI=1S/C13H13F4NO3/c1-6(7(2)12(20)21)11(19)18-10-5-8(13(15,16)17)3-4-9(10)14/h3-7H,1-2H3,(H,18,19)(H,20,21). The molecule has 0 radical (unpaired) electrons. The normalized spacial score (nSPS) is 14.4. The molecule has 21 heavy (non-hydrogen) atoms. The maximum atomic E-state index is 13.4. The zero-order valence-corrected chi connectivity index (χ0v) is 11.2. The molecule has 4 nitrogen and oxygen atoms in total. The van der Waals surface area contributed by atoms with E-state index in [2.05, 4.69) is 0 Å². The molecule has 0 heterocycles. The number of benzene rings is 1. The first-order valence-corrected chi connectivity index (χ1v) is 5.94. The summed E-state index contributed by atoms with van der Waals surface area (Å²) in [5, 5.41) is 10.8. The topological polar surface area (TPSA) is 66.4 Å². The molecule has 0 spiro atoms. The van der Waals surface area contributed by atoms with E-state index in [1.54, 1.807) is 0 Å². The highest BCUT2D eigenvalue weighted by atomic mass is 19.4. The van der Waals surface area contributed by atoms with Crippen LogP contribution in [0.2, 0.25) is 0 Å². The second kappa shape index (κ2) is 6.11. The fourth-order valence-corrected chi connectivity index (χ4v) is 1.48. The largest absolute Gasteiger partial charge is 0.481 e. The number of amides is 1. The molecule has 0 aliphatic rings. The Morgan fingerprint density at radius 2 is 1.76 bits per heavy atom. The van der Waals surface area contributed by atoms with Crippen molar-refractivity contribution in [2.24, 2.45) is 11.8 Å². The number of nitrogens with one attached hydrogen (secondary N) is 1. The molecule has 1 amide bonds. The fraction of sp³-hybridized carbons (Fsp3) is 0.385. The van der Waals surface area contributed by atoms with Crippen molar-refractivity contribution in [3.63, 3.8) is 0 Å². The summed E-state index contributed by atoms with van der Waals surface area (Å²) in [6, 6.07) is 1.60. The van der Waals surface area contributed by atoms with Gasteiger partial charge in [0.2, 0.25) is 5.91 Å². The van der Waals surface area contributed by atoms with Gasteiger partial charge in [-0.1, -0.05) is 13.8 Å². The molecule has 1 aromatic carbocycles. The lowest BCUT2D eigenvalue weighted by Gasteiger charge is -2.17. The molecule has 2 N–H and O–H groups in total. The van der Waals surface area contributed by atoms with Crippen molar-refractivity contribution < 1.29 is 32.3 Å². The Balaban J connectivity index is 2.97. The van der Waals surface area contributed by atoms with Gasteiger partial charge in [0.05, 0.1) is 17.2 Å². The van der Waals surface area contributed by atoms with Crippen LogP contribution in [0.25, 0.3) is 0 Å². The first kappa shape index (κ1) is 16.9. The molecule has 0 aliphatic carbocycles. The molecule has 0 saturated carbocycles. The van der Waals surface area contributed by atoms with Gasteiger partial charge < -0.3 is 10.4 Å². The van der Waals surface area contributed by atoms with E-state index in [4.69, 9.17) is 5.11 Å². The SMILES string of the molecule is CC(C(=O)O)C(C)C(=O)Nc1cc(C(F)(F)F)ccc1F. The number of carboxylic acids is 1. The highest BCUT2D eigenvalue weighted by molar-refractivity contribution is 5.94. The highest BCUT2D eigenvalue weighted by Crippen LogP contribution is 2.32. The number of hydrogen-bond acceptors (Lipinski definition) is 2. The van der Waals surface area contributed by atoms with Crippen molar-refractivity contribution in [1.82, 2.24) is 0 Å². The lowest BCUT2D eigenvalue weighted by atomic mass is 9.95. The van der Waals surface area contributed by atoms with Crippen LogP contribution < -0.4 is 5.32 Å². The average Bonchev–Trinajstić information content (AvgIpc) is 2.37. The van der Waals surface area contributed by atoms with Crippen molar-refractivity contribution in [3.05, 3.63) is 29.6 Å². The van der Waals surface area contributed by atoms with Crippen LogP contribution in [0.1, 0.15) is 19.4 Å². The van der Waals surface area contributed by atoms with E-state index in [0.29, 0.717) is 18.2 Å². The number of carboxylic acid groups (broad SMARTS) is 1. The summed E-state index contributed by atoms with van der Waals surface area (Å²) in [5.41, 5.74) is -1.75. The van der Waals surface area contributed by atoms with E-state index in [1.165, 1.54) is 13.8 Å². The first-order chi connectivity index (χ1) is 9.54. The van der Waals surface area contributed by atoms with Crippen LogP contribution >= 0.6 is 0 Å². The first-order valence-electron chi connectivity index (χ1n) is 5.94. The maximum absolute atomic E-state index is 13.4. The molecular weight excluding hydrogens is 294 g/mol. The zero-order valence-electron chi connectivity index (χ0n) is 11.2. The number of carbonyl (C=O) groups is 2. The van der Waals surface area contributed by atoms with Crippen LogP contribution in [0.4, 0.5) is 23.2 Å². The van der Waals surface area contributed by atoms with Crippen molar-refractivity contribution in [2.45, 2.75) is 20.0 Å². The second-order valence-electron chi connectivity index (χ2n) is 4.60. The number of alkyl halides is 3. The molecule has 116 valence electrons. The second-order valence-corrected chi connectivity index (χ2v) is 4.60. The minimum absolute atomic E-state index is 0.464. The minimum atomic E-state index is -4.67. The van der Waals surface area contributed by atoms with Crippen molar-refractivity contribution >= 4 is 17.6 Å². The van der Waals surface area contributed by atoms with Crippen LogP contribution in [0.3, 0.4) is 0 Å². The van der Waals surface area contributed by atoms with Gasteiger partial charge in [-0.25, -0.2) is 4.39 Å². The van der Waals surface area contributed by atoms with Crippen molar-refractivity contribution in [2.75, 3.05) is 5.32 Å². The molecule has 8 heteroatoms. The van der Waals surface area contributed by atoms with Gasteiger partial charge in [-0.3, -0.25) is 9.59 Å². The molecule has 1 rings (SSSR count). The highest BCUT2D eigenvalue weighted by Gasteiger charge is 2.32. The molecule has 0 fully saturated rings. The van der Waals surface area contributed by atoms with Gasteiger partial charge >= 0.3 is 12.1 Å². The van der Waals surface area contributed by atoms with Gasteiger partial charge in [-0.05, 0) is 18.2 Å². The Hall–Kier alpha value is -2.12. The summed E-state index contributed by atoms with van der Waals surface area (Å²) in [6.07, 6.45) is -4.67. The van der Waals surface area contributed by atoms with Crippen LogP contribution in [-0.2, 0) is 15.8 Å². The monoisotopic (exact) mass is 307 g/mol. The van der Waals surface area contributed by atoms with Gasteiger partial charge in [-0.2, -0.15) is 13.2 Å². The third-order valence-electron chi connectivity index (χ3n) is 3.10. The van der Waals surface area contributed by atoms with Crippen molar-refractivity contribution in [1.29, 1.82) is 0 Å². The summed E-state index contributed by atoms with van der Waals surface area (Å²) in [4.78, 5) is 22.5. The summed E-state index contributed by atoms with van der Waals surface area (Å²) in [5.74, 6) is -5.23. The van der Waals surface area contributed by atoms with E-state index in [1.807, 2.05) is 5.32 Å². The van der Waals surface area contributed by atoms with Gasteiger partial charge in [-0.15, -0.1) is 0 Å². The van der Waals surface area contributed by atoms with E-state index in [9.17, 15) is 27.2 Å². The molecule has 0 aliphatic heterocycles.